The number of hydrogen-bond donors (Lipinski definition) is 1. The van der Waals surface area contributed by atoms with E-state index in [1.165, 1.54) is 12.1 Å². The molecular formula is C13H25N3O2. The fourth-order valence-electron chi connectivity index (χ4n) is 1.60. The monoisotopic (exact) mass is 255 g/mol. The van der Waals surface area contributed by atoms with Crippen LogP contribution in [-0.4, -0.2) is 43.3 Å². The molecule has 1 heterocycles. The summed E-state index contributed by atoms with van der Waals surface area (Å²) in [5.74, 6) is 0. The van der Waals surface area contributed by atoms with Crippen LogP contribution in [0.5, 0.6) is 0 Å². The third kappa shape index (κ3) is 6.14. The molecule has 0 aliphatic rings. The van der Waals surface area contributed by atoms with Crippen molar-refractivity contribution in [1.29, 1.82) is 0 Å². The Bertz CT molecular complexity index is 302. The van der Waals surface area contributed by atoms with E-state index in [9.17, 15) is 0 Å². The van der Waals surface area contributed by atoms with Gasteiger partial charge in [0.05, 0.1) is 25.5 Å². The van der Waals surface area contributed by atoms with Gasteiger partial charge in [0, 0.05) is 33.0 Å². The first-order valence-corrected chi connectivity index (χ1v) is 6.66. The Morgan fingerprint density at radius 3 is 3.00 bits per heavy atom. The van der Waals surface area contributed by atoms with Crippen LogP contribution in [-0.2, 0) is 22.6 Å². The molecule has 104 valence electrons. The van der Waals surface area contributed by atoms with Crippen molar-refractivity contribution in [3.05, 3.63) is 18.0 Å². The Morgan fingerprint density at radius 1 is 1.33 bits per heavy atom. The van der Waals surface area contributed by atoms with Crippen LogP contribution >= 0.6 is 0 Å². The van der Waals surface area contributed by atoms with Gasteiger partial charge in [0.25, 0.3) is 0 Å². The summed E-state index contributed by atoms with van der Waals surface area (Å²) < 4.78 is 12.5. The quantitative estimate of drug-likeness (QED) is 0.608. The van der Waals surface area contributed by atoms with Crippen LogP contribution < -0.4 is 5.32 Å². The van der Waals surface area contributed by atoms with Crippen molar-refractivity contribution in [2.24, 2.45) is 0 Å². The van der Waals surface area contributed by atoms with E-state index in [2.05, 4.69) is 17.3 Å². The topological polar surface area (TPSA) is 48.3 Å². The van der Waals surface area contributed by atoms with Crippen LogP contribution in [0.15, 0.2) is 12.3 Å². The van der Waals surface area contributed by atoms with Crippen molar-refractivity contribution in [3.63, 3.8) is 0 Å². The second-order valence-corrected chi connectivity index (χ2v) is 4.18. The summed E-state index contributed by atoms with van der Waals surface area (Å²) in [5.41, 5.74) is 1.19. The Hall–Kier alpha value is -0.910. The molecule has 1 rings (SSSR count). The molecule has 0 unspecified atom stereocenters. The maximum atomic E-state index is 5.54. The lowest BCUT2D eigenvalue weighted by molar-refractivity contribution is 0.120. The lowest BCUT2D eigenvalue weighted by Gasteiger charge is -2.09. The van der Waals surface area contributed by atoms with Crippen LogP contribution in [0, 0.1) is 0 Å². The van der Waals surface area contributed by atoms with E-state index >= 15 is 0 Å². The Morgan fingerprint density at radius 2 is 2.22 bits per heavy atom. The Balaban J connectivity index is 2.18. The molecule has 0 aromatic carbocycles. The third-order valence-corrected chi connectivity index (χ3v) is 2.68. The summed E-state index contributed by atoms with van der Waals surface area (Å²) in [4.78, 5) is 0. The second-order valence-electron chi connectivity index (χ2n) is 4.18. The molecule has 0 saturated carbocycles. The van der Waals surface area contributed by atoms with E-state index in [1.54, 1.807) is 7.11 Å². The number of nitrogens with one attached hydrogen (secondary N) is 1. The molecule has 5 nitrogen and oxygen atoms in total. The van der Waals surface area contributed by atoms with Gasteiger partial charge in [0.15, 0.2) is 0 Å². The molecule has 18 heavy (non-hydrogen) atoms. The molecule has 1 N–H and O–H groups in total. The molecule has 0 aliphatic heterocycles. The van der Waals surface area contributed by atoms with Crippen LogP contribution in [0.3, 0.4) is 0 Å². The summed E-state index contributed by atoms with van der Waals surface area (Å²) in [7, 11) is 1.71. The smallest absolute Gasteiger partial charge is 0.0662 e. The highest BCUT2D eigenvalue weighted by Crippen LogP contribution is 1.99. The van der Waals surface area contributed by atoms with Gasteiger partial charge in [-0.3, -0.25) is 4.68 Å². The number of hydrogen-bond acceptors (Lipinski definition) is 4. The number of nitrogens with zero attached hydrogens (tertiary/aromatic N) is 2. The van der Waals surface area contributed by atoms with Crippen LogP contribution in [0.2, 0.25) is 0 Å². The van der Waals surface area contributed by atoms with Gasteiger partial charge in [-0.15, -0.1) is 0 Å². The van der Waals surface area contributed by atoms with Gasteiger partial charge in [-0.1, -0.05) is 13.3 Å². The van der Waals surface area contributed by atoms with Crippen molar-refractivity contribution in [1.82, 2.24) is 15.1 Å². The zero-order valence-corrected chi connectivity index (χ0v) is 11.5. The van der Waals surface area contributed by atoms with E-state index in [4.69, 9.17) is 9.47 Å². The maximum absolute atomic E-state index is 5.54. The minimum Gasteiger partial charge on any atom is -0.383 e. The number of aromatic nitrogens is 2. The van der Waals surface area contributed by atoms with Gasteiger partial charge in [-0.25, -0.2) is 0 Å². The molecule has 0 fully saturated rings. The molecule has 1 aromatic rings. The van der Waals surface area contributed by atoms with E-state index in [0.717, 1.165) is 45.9 Å². The van der Waals surface area contributed by atoms with E-state index in [1.807, 2.05) is 16.9 Å². The zero-order chi connectivity index (χ0) is 13.1. The molecule has 0 aliphatic carbocycles. The van der Waals surface area contributed by atoms with Crippen LogP contribution in [0.4, 0.5) is 0 Å². The Kier molecular flexibility index (Phi) is 8.46. The van der Waals surface area contributed by atoms with Gasteiger partial charge in [0.2, 0.25) is 0 Å². The van der Waals surface area contributed by atoms with Crippen LogP contribution in [0.25, 0.3) is 0 Å². The number of unbranched alkanes of at least 4 members (excludes halogenated alkanes) is 1. The third-order valence-electron chi connectivity index (χ3n) is 2.68. The number of ether oxygens (including phenoxy) is 2. The summed E-state index contributed by atoms with van der Waals surface area (Å²) in [5, 5.41) is 7.61. The molecular weight excluding hydrogens is 230 g/mol. The highest BCUT2D eigenvalue weighted by Gasteiger charge is 2.01. The predicted molar refractivity (Wildman–Crippen MR) is 71.5 cm³/mol. The summed E-state index contributed by atoms with van der Waals surface area (Å²) in [6.45, 7) is 6.96. The lowest BCUT2D eigenvalue weighted by Crippen LogP contribution is -2.21. The van der Waals surface area contributed by atoms with Gasteiger partial charge in [0.1, 0.15) is 0 Å². The van der Waals surface area contributed by atoms with Gasteiger partial charge in [-0.05, 0) is 12.5 Å². The minimum atomic E-state index is 0.729. The fourth-order valence-corrected chi connectivity index (χ4v) is 1.60. The molecule has 0 spiro atoms. The summed E-state index contributed by atoms with van der Waals surface area (Å²) in [6.07, 6.45) is 4.14. The minimum absolute atomic E-state index is 0.729. The molecule has 0 atom stereocenters. The first kappa shape index (κ1) is 15.1. The van der Waals surface area contributed by atoms with E-state index in [-0.39, 0.29) is 0 Å². The molecule has 0 radical (unpaired) electrons. The molecule has 0 saturated heterocycles. The number of methoxy groups -OCH3 is 1. The average molecular weight is 255 g/mol. The molecule has 1 aromatic heterocycles. The van der Waals surface area contributed by atoms with Crippen molar-refractivity contribution in [2.75, 3.05) is 33.5 Å². The van der Waals surface area contributed by atoms with Gasteiger partial charge >= 0.3 is 0 Å². The van der Waals surface area contributed by atoms with E-state index in [0.29, 0.717) is 0 Å². The summed E-state index contributed by atoms with van der Waals surface area (Å²) >= 11 is 0. The van der Waals surface area contributed by atoms with Crippen molar-refractivity contribution < 1.29 is 9.47 Å². The fraction of sp³-hybridized carbons (Fsp3) is 0.769. The van der Waals surface area contributed by atoms with Gasteiger partial charge < -0.3 is 14.8 Å². The predicted octanol–water partition coefficient (Wildman–Crippen LogP) is 1.44. The molecule has 0 amide bonds. The van der Waals surface area contributed by atoms with Crippen molar-refractivity contribution >= 4 is 0 Å². The standard InChI is InChI=1S/C13H25N3O2/c1-3-4-9-18-11-8-16-13(5-6-15-16)12-14-7-10-17-2/h5-6,14H,3-4,7-12H2,1-2H3. The van der Waals surface area contributed by atoms with Crippen molar-refractivity contribution in [2.45, 2.75) is 32.9 Å². The molecule has 5 heteroatoms. The normalized spacial score (nSPS) is 11.0. The first-order chi connectivity index (χ1) is 8.88. The van der Waals surface area contributed by atoms with E-state index < -0.39 is 0 Å². The second kappa shape index (κ2) is 10.1. The number of rotatable bonds is 11. The highest BCUT2D eigenvalue weighted by atomic mass is 16.5. The molecule has 0 bridgehead atoms. The average Bonchev–Trinajstić information content (AvgIpc) is 2.82. The lowest BCUT2D eigenvalue weighted by atomic mass is 10.4. The summed E-state index contributed by atoms with van der Waals surface area (Å²) in [6, 6.07) is 2.03. The van der Waals surface area contributed by atoms with Crippen molar-refractivity contribution in [3.8, 4) is 0 Å². The maximum Gasteiger partial charge on any atom is 0.0662 e. The SMILES string of the molecule is CCCCOCCn1nccc1CNCCOC. The van der Waals surface area contributed by atoms with Crippen LogP contribution in [0.1, 0.15) is 25.5 Å². The zero-order valence-electron chi connectivity index (χ0n) is 11.5. The largest absolute Gasteiger partial charge is 0.383 e. The first-order valence-electron chi connectivity index (χ1n) is 6.66. The van der Waals surface area contributed by atoms with Gasteiger partial charge in [-0.2, -0.15) is 5.10 Å². The Labute approximate surface area is 109 Å². The highest BCUT2D eigenvalue weighted by molar-refractivity contribution is 4.99.